The monoisotopic (exact) mass is 366 g/mol. The smallest absolute Gasteiger partial charge is 0.246 e. The summed E-state index contributed by atoms with van der Waals surface area (Å²) in [5.74, 6) is -0.680. The second-order valence-electron chi connectivity index (χ2n) is 4.25. The fourth-order valence-corrected chi connectivity index (χ4v) is 4.15. The molecular formula is C13H20BrFN2O2S. The van der Waals surface area contributed by atoms with Crippen molar-refractivity contribution in [2.24, 2.45) is 0 Å². The van der Waals surface area contributed by atoms with Gasteiger partial charge in [0.05, 0.1) is 0 Å². The van der Waals surface area contributed by atoms with Crippen molar-refractivity contribution in [2.45, 2.75) is 32.2 Å². The summed E-state index contributed by atoms with van der Waals surface area (Å²) < 4.78 is 41.1. The van der Waals surface area contributed by atoms with Gasteiger partial charge in [0, 0.05) is 29.7 Å². The van der Waals surface area contributed by atoms with Gasteiger partial charge in [-0.25, -0.2) is 12.8 Å². The number of hydrogen-bond acceptors (Lipinski definition) is 3. The van der Waals surface area contributed by atoms with E-state index in [9.17, 15) is 12.8 Å². The Hall–Kier alpha value is -0.500. The summed E-state index contributed by atoms with van der Waals surface area (Å²) >= 11 is 3.25. The van der Waals surface area contributed by atoms with Crippen molar-refractivity contribution in [1.29, 1.82) is 0 Å². The molecule has 7 heteroatoms. The molecule has 0 aliphatic heterocycles. The van der Waals surface area contributed by atoms with Crippen LogP contribution < -0.4 is 5.32 Å². The Bertz CT molecular complexity index is 560. The fourth-order valence-electron chi connectivity index (χ4n) is 1.90. The maximum atomic E-state index is 14.4. The number of hydrogen-bond donors (Lipinski definition) is 1. The normalized spacial score (nSPS) is 12.1. The van der Waals surface area contributed by atoms with Crippen molar-refractivity contribution < 1.29 is 12.8 Å². The van der Waals surface area contributed by atoms with Gasteiger partial charge in [0.1, 0.15) is 10.7 Å². The highest BCUT2D eigenvalue weighted by molar-refractivity contribution is 9.10. The molecule has 0 atom stereocenters. The molecule has 0 saturated heterocycles. The molecule has 1 aromatic carbocycles. The molecule has 0 heterocycles. The summed E-state index contributed by atoms with van der Waals surface area (Å²) in [5.41, 5.74) is 0.340. The maximum Gasteiger partial charge on any atom is 0.246 e. The van der Waals surface area contributed by atoms with Crippen molar-refractivity contribution in [2.75, 3.05) is 19.6 Å². The van der Waals surface area contributed by atoms with Crippen LogP contribution in [-0.2, 0) is 16.6 Å². The zero-order valence-corrected chi connectivity index (χ0v) is 14.3. The first-order valence-electron chi connectivity index (χ1n) is 6.57. The standard InChI is InChI=1S/C13H20BrFN2O2S/c1-4-16-9-10-7-11(14)8-12(13(10)15)20(18,19)17(5-2)6-3/h7-8,16H,4-6,9H2,1-3H3. The van der Waals surface area contributed by atoms with Crippen LogP contribution in [0.25, 0.3) is 0 Å². The van der Waals surface area contributed by atoms with Crippen LogP contribution in [0.3, 0.4) is 0 Å². The van der Waals surface area contributed by atoms with Crippen LogP contribution in [0.5, 0.6) is 0 Å². The molecule has 0 saturated carbocycles. The molecule has 0 aromatic heterocycles. The summed E-state index contributed by atoms with van der Waals surface area (Å²) in [7, 11) is -3.80. The molecule has 0 unspecified atom stereocenters. The first-order chi connectivity index (χ1) is 9.38. The lowest BCUT2D eigenvalue weighted by Crippen LogP contribution is -2.31. The lowest BCUT2D eigenvalue weighted by atomic mass is 10.2. The molecule has 1 N–H and O–H groups in total. The Labute approximate surface area is 128 Å². The number of benzene rings is 1. The molecule has 20 heavy (non-hydrogen) atoms. The van der Waals surface area contributed by atoms with Gasteiger partial charge in [-0.2, -0.15) is 4.31 Å². The largest absolute Gasteiger partial charge is 0.313 e. The van der Waals surface area contributed by atoms with Crippen LogP contribution in [0.1, 0.15) is 26.3 Å². The van der Waals surface area contributed by atoms with Crippen LogP contribution >= 0.6 is 15.9 Å². The highest BCUT2D eigenvalue weighted by Crippen LogP contribution is 2.26. The molecule has 0 fully saturated rings. The van der Waals surface area contributed by atoms with Gasteiger partial charge >= 0.3 is 0 Å². The number of sulfonamides is 1. The predicted molar refractivity (Wildman–Crippen MR) is 81.6 cm³/mol. The first kappa shape index (κ1) is 17.6. The minimum absolute atomic E-state index is 0.275. The van der Waals surface area contributed by atoms with E-state index >= 15 is 0 Å². The van der Waals surface area contributed by atoms with Gasteiger partial charge in [-0.1, -0.05) is 36.7 Å². The van der Waals surface area contributed by atoms with E-state index in [0.717, 1.165) is 0 Å². The Kier molecular flexibility index (Phi) is 6.57. The summed E-state index contributed by atoms with van der Waals surface area (Å²) in [5, 5.41) is 3.00. The molecule has 0 aliphatic carbocycles. The Morgan fingerprint density at radius 3 is 2.35 bits per heavy atom. The van der Waals surface area contributed by atoms with E-state index in [1.54, 1.807) is 19.9 Å². The summed E-state index contributed by atoms with van der Waals surface area (Å²) in [4.78, 5) is -0.275. The SMILES string of the molecule is CCNCc1cc(Br)cc(S(=O)(=O)N(CC)CC)c1F. The number of nitrogens with zero attached hydrogens (tertiary/aromatic N) is 1. The summed E-state index contributed by atoms with van der Waals surface area (Å²) in [6.45, 7) is 6.98. The predicted octanol–water partition coefficient (Wildman–Crippen LogP) is 2.73. The maximum absolute atomic E-state index is 14.4. The van der Waals surface area contributed by atoms with Gasteiger partial charge in [0.2, 0.25) is 10.0 Å². The van der Waals surface area contributed by atoms with Crippen LogP contribution in [-0.4, -0.2) is 32.4 Å². The summed E-state index contributed by atoms with van der Waals surface area (Å²) in [6.07, 6.45) is 0. The molecule has 0 amide bonds. The van der Waals surface area contributed by atoms with Crippen LogP contribution in [0, 0.1) is 5.82 Å². The fraction of sp³-hybridized carbons (Fsp3) is 0.538. The zero-order valence-electron chi connectivity index (χ0n) is 11.9. The molecule has 1 rings (SSSR count). The van der Waals surface area contributed by atoms with E-state index < -0.39 is 15.8 Å². The average molecular weight is 367 g/mol. The second-order valence-corrected chi connectivity index (χ2v) is 7.07. The molecule has 1 aromatic rings. The van der Waals surface area contributed by atoms with Crippen molar-refractivity contribution in [3.63, 3.8) is 0 Å². The van der Waals surface area contributed by atoms with Crippen molar-refractivity contribution >= 4 is 26.0 Å². The molecule has 4 nitrogen and oxygen atoms in total. The minimum Gasteiger partial charge on any atom is -0.313 e. The van der Waals surface area contributed by atoms with E-state index in [-0.39, 0.29) is 4.90 Å². The van der Waals surface area contributed by atoms with Gasteiger partial charge in [0.15, 0.2) is 0 Å². The molecule has 114 valence electrons. The van der Waals surface area contributed by atoms with E-state index in [1.165, 1.54) is 10.4 Å². The Morgan fingerprint density at radius 1 is 1.25 bits per heavy atom. The number of nitrogens with one attached hydrogen (secondary N) is 1. The molecule has 0 bridgehead atoms. The third-order valence-corrected chi connectivity index (χ3v) is 5.47. The molecule has 0 spiro atoms. The Morgan fingerprint density at radius 2 is 1.85 bits per heavy atom. The van der Waals surface area contributed by atoms with E-state index in [1.807, 2.05) is 6.92 Å². The van der Waals surface area contributed by atoms with Crippen molar-refractivity contribution in [3.8, 4) is 0 Å². The molecular weight excluding hydrogens is 347 g/mol. The number of rotatable bonds is 7. The van der Waals surface area contributed by atoms with Gasteiger partial charge in [-0.15, -0.1) is 0 Å². The van der Waals surface area contributed by atoms with Crippen LogP contribution in [0.15, 0.2) is 21.5 Å². The number of halogens is 2. The van der Waals surface area contributed by atoms with E-state index in [0.29, 0.717) is 36.2 Å². The van der Waals surface area contributed by atoms with Gasteiger partial charge in [-0.05, 0) is 18.7 Å². The lowest BCUT2D eigenvalue weighted by Gasteiger charge is -2.20. The zero-order chi connectivity index (χ0) is 15.3. The van der Waals surface area contributed by atoms with Gasteiger partial charge in [-0.3, -0.25) is 0 Å². The highest BCUT2D eigenvalue weighted by Gasteiger charge is 2.27. The van der Waals surface area contributed by atoms with E-state index in [4.69, 9.17) is 0 Å². The van der Waals surface area contributed by atoms with Crippen molar-refractivity contribution in [1.82, 2.24) is 9.62 Å². The highest BCUT2D eigenvalue weighted by atomic mass is 79.9. The van der Waals surface area contributed by atoms with Crippen LogP contribution in [0.4, 0.5) is 4.39 Å². The quantitative estimate of drug-likeness (QED) is 0.806. The first-order valence-corrected chi connectivity index (χ1v) is 8.80. The third-order valence-electron chi connectivity index (χ3n) is 2.97. The topological polar surface area (TPSA) is 49.4 Å². The summed E-state index contributed by atoms with van der Waals surface area (Å²) in [6, 6.07) is 2.91. The minimum atomic E-state index is -3.80. The van der Waals surface area contributed by atoms with E-state index in [2.05, 4.69) is 21.2 Å². The van der Waals surface area contributed by atoms with Crippen molar-refractivity contribution in [3.05, 3.63) is 28.0 Å². The Balaban J connectivity index is 3.34. The average Bonchev–Trinajstić information content (AvgIpc) is 2.40. The second kappa shape index (κ2) is 7.49. The lowest BCUT2D eigenvalue weighted by molar-refractivity contribution is 0.439. The molecule has 0 radical (unpaired) electrons. The van der Waals surface area contributed by atoms with Gasteiger partial charge in [0.25, 0.3) is 0 Å². The third kappa shape index (κ3) is 3.78. The van der Waals surface area contributed by atoms with Crippen LogP contribution in [0.2, 0.25) is 0 Å². The van der Waals surface area contributed by atoms with Gasteiger partial charge < -0.3 is 5.32 Å². The molecule has 0 aliphatic rings.